The van der Waals surface area contributed by atoms with Crippen LogP contribution >= 0.6 is 46.9 Å². The minimum Gasteiger partial charge on any atom is -0.375 e. The maximum Gasteiger partial charge on any atom is 0.180 e. The first kappa shape index (κ1) is 15.9. The van der Waals surface area contributed by atoms with Gasteiger partial charge in [-0.3, -0.25) is 4.90 Å². The Balaban J connectivity index is 0.00000147. The number of nitrogens with zero attached hydrogens (tertiary/aromatic N) is 2. The Kier molecular flexibility index (Phi) is 5.15. The second kappa shape index (κ2) is 6.50. The lowest BCUT2D eigenvalue weighted by Gasteiger charge is -2.29. The Bertz CT molecular complexity index is 615. The van der Waals surface area contributed by atoms with Crippen molar-refractivity contribution in [3.8, 4) is 0 Å². The van der Waals surface area contributed by atoms with Crippen molar-refractivity contribution >= 4 is 52.1 Å². The van der Waals surface area contributed by atoms with Gasteiger partial charge in [0.1, 0.15) is 0 Å². The average Bonchev–Trinajstić information content (AvgIpc) is 2.80. The summed E-state index contributed by atoms with van der Waals surface area (Å²) in [5.41, 5.74) is 8.10. The molecule has 1 aliphatic rings. The van der Waals surface area contributed by atoms with E-state index < -0.39 is 0 Å². The van der Waals surface area contributed by atoms with Gasteiger partial charge in [0, 0.05) is 30.7 Å². The van der Waals surface area contributed by atoms with E-state index in [1.54, 1.807) is 11.3 Å². The third-order valence-electron chi connectivity index (χ3n) is 3.32. The van der Waals surface area contributed by atoms with Crippen molar-refractivity contribution in [3.05, 3.63) is 44.4 Å². The smallest absolute Gasteiger partial charge is 0.180 e. The standard InChI is InChI=1S/C13H13Cl2N3S.ClH/c14-11-2-1-8-6-18(4-3-10(8)12(11)15)7-9-5-17-13(16)19-9;/h1-2,5H,3-4,6-7H2,(H2,16,17);1H. The van der Waals surface area contributed by atoms with Crippen molar-refractivity contribution in [1.29, 1.82) is 0 Å². The number of rotatable bonds is 2. The summed E-state index contributed by atoms with van der Waals surface area (Å²) in [6, 6.07) is 3.94. The summed E-state index contributed by atoms with van der Waals surface area (Å²) < 4.78 is 0. The highest BCUT2D eigenvalue weighted by atomic mass is 35.5. The minimum absolute atomic E-state index is 0. The van der Waals surface area contributed by atoms with Gasteiger partial charge in [-0.25, -0.2) is 4.98 Å². The number of fused-ring (bicyclic) bond motifs is 1. The predicted molar refractivity (Wildman–Crippen MR) is 88.1 cm³/mol. The summed E-state index contributed by atoms with van der Waals surface area (Å²) >= 11 is 13.8. The van der Waals surface area contributed by atoms with Crippen LogP contribution in [0.4, 0.5) is 5.13 Å². The zero-order chi connectivity index (χ0) is 13.4. The van der Waals surface area contributed by atoms with E-state index in [0.717, 1.165) is 26.1 Å². The molecule has 1 aliphatic heterocycles. The molecule has 2 heterocycles. The second-order valence-corrected chi connectivity index (χ2v) is 6.56. The Hall–Kier alpha value is -0.520. The van der Waals surface area contributed by atoms with Gasteiger partial charge in [-0.2, -0.15) is 0 Å². The molecule has 0 fully saturated rings. The van der Waals surface area contributed by atoms with Crippen LogP contribution in [0, 0.1) is 0 Å². The molecule has 0 unspecified atom stereocenters. The van der Waals surface area contributed by atoms with Crippen molar-refractivity contribution in [1.82, 2.24) is 9.88 Å². The third kappa shape index (κ3) is 3.21. The largest absolute Gasteiger partial charge is 0.375 e. The summed E-state index contributed by atoms with van der Waals surface area (Å²) in [5.74, 6) is 0. The van der Waals surface area contributed by atoms with Crippen molar-refractivity contribution in [2.45, 2.75) is 19.5 Å². The van der Waals surface area contributed by atoms with E-state index in [2.05, 4.69) is 16.0 Å². The van der Waals surface area contributed by atoms with Gasteiger partial charge in [-0.15, -0.1) is 23.7 Å². The average molecular weight is 351 g/mol. The monoisotopic (exact) mass is 349 g/mol. The van der Waals surface area contributed by atoms with E-state index in [4.69, 9.17) is 28.9 Å². The van der Waals surface area contributed by atoms with Crippen molar-refractivity contribution in [3.63, 3.8) is 0 Å². The molecular weight excluding hydrogens is 337 g/mol. The molecule has 0 amide bonds. The van der Waals surface area contributed by atoms with E-state index >= 15 is 0 Å². The van der Waals surface area contributed by atoms with E-state index in [-0.39, 0.29) is 12.4 Å². The van der Waals surface area contributed by atoms with Crippen LogP contribution in [0.15, 0.2) is 18.3 Å². The molecule has 0 saturated heterocycles. The Morgan fingerprint density at radius 2 is 2.15 bits per heavy atom. The summed E-state index contributed by atoms with van der Waals surface area (Å²) in [6.45, 7) is 2.75. The van der Waals surface area contributed by atoms with Gasteiger partial charge in [0.2, 0.25) is 0 Å². The van der Waals surface area contributed by atoms with E-state index in [9.17, 15) is 0 Å². The lowest BCUT2D eigenvalue weighted by molar-refractivity contribution is 0.247. The number of nitrogen functional groups attached to an aromatic ring is 1. The maximum absolute atomic E-state index is 6.25. The van der Waals surface area contributed by atoms with Crippen LogP contribution in [-0.4, -0.2) is 16.4 Å². The molecule has 2 N–H and O–H groups in total. The van der Waals surface area contributed by atoms with E-state index in [0.29, 0.717) is 15.2 Å². The Labute approximate surface area is 138 Å². The molecule has 1 aromatic carbocycles. The minimum atomic E-state index is 0. The fourth-order valence-electron chi connectivity index (χ4n) is 2.39. The number of aromatic nitrogens is 1. The molecule has 0 atom stereocenters. The molecule has 1 aromatic heterocycles. The molecule has 0 radical (unpaired) electrons. The summed E-state index contributed by atoms with van der Waals surface area (Å²) in [6.07, 6.45) is 2.79. The summed E-state index contributed by atoms with van der Waals surface area (Å²) in [7, 11) is 0. The zero-order valence-corrected chi connectivity index (χ0v) is 13.7. The van der Waals surface area contributed by atoms with Crippen LogP contribution in [0.1, 0.15) is 16.0 Å². The number of nitrogens with two attached hydrogens (primary N) is 1. The number of hydrogen-bond acceptors (Lipinski definition) is 4. The molecule has 0 aliphatic carbocycles. The topological polar surface area (TPSA) is 42.1 Å². The summed E-state index contributed by atoms with van der Waals surface area (Å²) in [5, 5.41) is 1.98. The first-order valence-electron chi connectivity index (χ1n) is 6.02. The van der Waals surface area contributed by atoms with Gasteiger partial charge in [0.15, 0.2) is 5.13 Å². The maximum atomic E-state index is 6.25. The van der Waals surface area contributed by atoms with Gasteiger partial charge in [0.05, 0.1) is 10.0 Å². The molecule has 3 nitrogen and oxygen atoms in total. The number of benzene rings is 1. The van der Waals surface area contributed by atoms with Crippen molar-refractivity contribution in [2.75, 3.05) is 12.3 Å². The van der Waals surface area contributed by atoms with Crippen LogP contribution in [0.2, 0.25) is 10.0 Å². The van der Waals surface area contributed by atoms with Crippen LogP contribution in [0.3, 0.4) is 0 Å². The Morgan fingerprint density at radius 3 is 2.85 bits per heavy atom. The van der Waals surface area contributed by atoms with E-state index in [1.165, 1.54) is 16.0 Å². The first-order chi connectivity index (χ1) is 9.13. The predicted octanol–water partition coefficient (Wildman–Crippen LogP) is 4.01. The van der Waals surface area contributed by atoms with Gasteiger partial charge in [0.25, 0.3) is 0 Å². The van der Waals surface area contributed by atoms with Crippen molar-refractivity contribution < 1.29 is 0 Å². The Morgan fingerprint density at radius 1 is 1.35 bits per heavy atom. The zero-order valence-electron chi connectivity index (χ0n) is 10.6. The second-order valence-electron chi connectivity index (χ2n) is 4.62. The van der Waals surface area contributed by atoms with Gasteiger partial charge >= 0.3 is 0 Å². The van der Waals surface area contributed by atoms with Gasteiger partial charge in [-0.05, 0) is 23.6 Å². The SMILES string of the molecule is Cl.Nc1ncc(CN2CCc3c(ccc(Cl)c3Cl)C2)s1. The molecular formula is C13H14Cl3N3S. The fourth-order valence-corrected chi connectivity index (χ4v) is 3.57. The highest BCUT2D eigenvalue weighted by Crippen LogP contribution is 2.32. The summed E-state index contributed by atoms with van der Waals surface area (Å²) in [4.78, 5) is 7.65. The van der Waals surface area contributed by atoms with Gasteiger partial charge in [-0.1, -0.05) is 29.3 Å². The molecule has 0 spiro atoms. The molecule has 20 heavy (non-hydrogen) atoms. The van der Waals surface area contributed by atoms with Gasteiger partial charge < -0.3 is 5.73 Å². The number of anilines is 1. The molecule has 3 rings (SSSR count). The lowest BCUT2D eigenvalue weighted by Crippen LogP contribution is -2.29. The first-order valence-corrected chi connectivity index (χ1v) is 7.59. The normalized spacial score (nSPS) is 14.7. The molecule has 7 heteroatoms. The molecule has 0 saturated carbocycles. The molecule has 0 bridgehead atoms. The fraction of sp³-hybridized carbons (Fsp3) is 0.308. The van der Waals surface area contributed by atoms with Crippen LogP contribution in [0.5, 0.6) is 0 Å². The number of halogens is 3. The number of thiazole rings is 1. The van der Waals surface area contributed by atoms with Crippen LogP contribution < -0.4 is 5.73 Å². The molecule has 2 aromatic rings. The quantitative estimate of drug-likeness (QED) is 0.889. The number of hydrogen-bond donors (Lipinski definition) is 1. The van der Waals surface area contributed by atoms with Crippen LogP contribution in [0.25, 0.3) is 0 Å². The van der Waals surface area contributed by atoms with Crippen molar-refractivity contribution in [2.24, 2.45) is 0 Å². The van der Waals surface area contributed by atoms with E-state index in [1.807, 2.05) is 12.3 Å². The lowest BCUT2D eigenvalue weighted by atomic mass is 10.00. The molecule has 108 valence electrons. The highest BCUT2D eigenvalue weighted by molar-refractivity contribution is 7.15. The highest BCUT2D eigenvalue weighted by Gasteiger charge is 2.20. The van der Waals surface area contributed by atoms with Crippen LogP contribution in [-0.2, 0) is 19.5 Å². The third-order valence-corrected chi connectivity index (χ3v) is 4.97.